The zero-order valence-corrected chi connectivity index (χ0v) is 18.2. The smallest absolute Gasteiger partial charge is 0.387 e. The zero-order valence-electron chi connectivity index (χ0n) is 18.2. The number of fused-ring (bicyclic) bond motifs is 1. The molecule has 2 aromatic carbocycles. The van der Waals surface area contributed by atoms with E-state index in [-0.39, 0.29) is 35.4 Å². The van der Waals surface area contributed by atoms with Crippen molar-refractivity contribution in [3.8, 4) is 11.5 Å². The number of nitrogens with one attached hydrogen (secondary N) is 1. The maximum atomic E-state index is 12.9. The largest absolute Gasteiger partial charge is 0.493 e. The average molecular weight is 457 g/mol. The number of benzene rings is 2. The fraction of sp³-hybridized carbons (Fsp3) is 0.375. The Morgan fingerprint density at radius 2 is 1.97 bits per heavy atom. The number of para-hydroxylation sites is 1. The number of ether oxygens (including phenoxy) is 2. The van der Waals surface area contributed by atoms with E-state index >= 15 is 0 Å². The minimum atomic E-state index is -2.95. The van der Waals surface area contributed by atoms with Crippen LogP contribution in [-0.2, 0) is 17.6 Å². The van der Waals surface area contributed by atoms with E-state index in [4.69, 9.17) is 4.74 Å². The van der Waals surface area contributed by atoms with E-state index in [1.54, 1.807) is 28.8 Å². The third-order valence-corrected chi connectivity index (χ3v) is 5.55. The van der Waals surface area contributed by atoms with Crippen LogP contribution < -0.4 is 20.3 Å². The van der Waals surface area contributed by atoms with Crippen LogP contribution >= 0.6 is 0 Å². The molecule has 1 fully saturated rings. The number of carbonyl (C=O) groups is 1. The van der Waals surface area contributed by atoms with Gasteiger partial charge in [-0.15, -0.1) is 0 Å². The number of hydrogen-bond acceptors (Lipinski definition) is 5. The number of alkyl halides is 2. The molecule has 1 N–H and O–H groups in total. The number of aromatic nitrogens is 2. The summed E-state index contributed by atoms with van der Waals surface area (Å²) in [6, 6.07) is 12.2. The summed E-state index contributed by atoms with van der Waals surface area (Å²) in [6.45, 7) is -2.62. The van der Waals surface area contributed by atoms with Crippen molar-refractivity contribution in [2.45, 2.75) is 44.8 Å². The molecule has 1 aliphatic rings. The maximum Gasteiger partial charge on any atom is 0.387 e. The lowest BCUT2D eigenvalue weighted by molar-refractivity contribution is -0.121. The summed E-state index contributed by atoms with van der Waals surface area (Å²) in [7, 11) is 1.38. The summed E-state index contributed by atoms with van der Waals surface area (Å²) >= 11 is 0. The molecule has 1 amide bonds. The molecular formula is C24H25F2N3O4. The standard InChI is InChI=1S/C24H25F2N3O4/c1-32-19-9-6-15(14-20(19)33-24(25)26)12-13-27-22(30)11-10-21-28-18-5-3-2-4-17(18)23(31)29(21)16-7-8-16/h2-6,9,14,16,24H,7-8,10-13H2,1H3,(H,27,30). The van der Waals surface area contributed by atoms with Crippen molar-refractivity contribution >= 4 is 16.8 Å². The van der Waals surface area contributed by atoms with Crippen molar-refractivity contribution in [1.29, 1.82) is 0 Å². The zero-order chi connectivity index (χ0) is 23.4. The molecule has 0 radical (unpaired) electrons. The van der Waals surface area contributed by atoms with Gasteiger partial charge in [0.25, 0.3) is 5.56 Å². The maximum absolute atomic E-state index is 12.9. The topological polar surface area (TPSA) is 82.5 Å². The predicted molar refractivity (Wildman–Crippen MR) is 119 cm³/mol. The van der Waals surface area contributed by atoms with Crippen molar-refractivity contribution in [3.05, 3.63) is 64.2 Å². The third kappa shape index (κ3) is 5.47. The molecule has 4 rings (SSSR count). The molecule has 1 heterocycles. The first-order valence-electron chi connectivity index (χ1n) is 10.8. The molecule has 0 bridgehead atoms. The molecule has 174 valence electrons. The van der Waals surface area contributed by atoms with Gasteiger partial charge < -0.3 is 14.8 Å². The van der Waals surface area contributed by atoms with E-state index in [9.17, 15) is 18.4 Å². The average Bonchev–Trinajstić information content (AvgIpc) is 3.63. The van der Waals surface area contributed by atoms with Gasteiger partial charge in [0.2, 0.25) is 5.91 Å². The van der Waals surface area contributed by atoms with Gasteiger partial charge in [0.15, 0.2) is 11.5 Å². The van der Waals surface area contributed by atoms with E-state index < -0.39 is 6.61 Å². The Morgan fingerprint density at radius 1 is 1.18 bits per heavy atom. The summed E-state index contributed by atoms with van der Waals surface area (Å²) in [5.74, 6) is 0.627. The van der Waals surface area contributed by atoms with Crippen LogP contribution in [0.2, 0.25) is 0 Å². The number of rotatable bonds is 10. The van der Waals surface area contributed by atoms with Crippen molar-refractivity contribution in [2.24, 2.45) is 0 Å². The van der Waals surface area contributed by atoms with Crippen molar-refractivity contribution in [1.82, 2.24) is 14.9 Å². The van der Waals surface area contributed by atoms with Gasteiger partial charge in [0.1, 0.15) is 5.82 Å². The van der Waals surface area contributed by atoms with Gasteiger partial charge in [-0.25, -0.2) is 4.98 Å². The molecule has 9 heteroatoms. The Morgan fingerprint density at radius 3 is 2.70 bits per heavy atom. The number of aryl methyl sites for hydroxylation is 1. The fourth-order valence-electron chi connectivity index (χ4n) is 3.80. The van der Waals surface area contributed by atoms with Crippen LogP contribution in [0.25, 0.3) is 10.9 Å². The van der Waals surface area contributed by atoms with Crippen molar-refractivity contribution in [3.63, 3.8) is 0 Å². The second-order valence-corrected chi connectivity index (χ2v) is 7.92. The van der Waals surface area contributed by atoms with Gasteiger partial charge in [0.05, 0.1) is 18.0 Å². The van der Waals surface area contributed by atoms with Crippen LogP contribution in [0.15, 0.2) is 47.3 Å². The van der Waals surface area contributed by atoms with Crippen LogP contribution in [0.4, 0.5) is 8.78 Å². The molecule has 0 atom stereocenters. The van der Waals surface area contributed by atoms with Crippen molar-refractivity contribution in [2.75, 3.05) is 13.7 Å². The number of amides is 1. The first-order valence-corrected chi connectivity index (χ1v) is 10.8. The van der Waals surface area contributed by atoms with Gasteiger partial charge in [-0.3, -0.25) is 14.2 Å². The van der Waals surface area contributed by atoms with E-state index in [0.717, 1.165) is 18.4 Å². The summed E-state index contributed by atoms with van der Waals surface area (Å²) < 4.78 is 36.4. The summed E-state index contributed by atoms with van der Waals surface area (Å²) in [5.41, 5.74) is 1.31. The molecule has 0 aliphatic heterocycles. The summed E-state index contributed by atoms with van der Waals surface area (Å²) in [5, 5.41) is 3.42. The summed E-state index contributed by atoms with van der Waals surface area (Å²) in [6.07, 6.45) is 2.88. The molecule has 0 spiro atoms. The van der Waals surface area contributed by atoms with Crippen LogP contribution in [0.5, 0.6) is 11.5 Å². The van der Waals surface area contributed by atoms with E-state index in [2.05, 4.69) is 15.0 Å². The van der Waals surface area contributed by atoms with E-state index in [0.29, 0.717) is 36.1 Å². The van der Waals surface area contributed by atoms with Gasteiger partial charge in [-0.1, -0.05) is 18.2 Å². The van der Waals surface area contributed by atoms with Gasteiger partial charge >= 0.3 is 6.61 Å². The molecule has 0 saturated heterocycles. The molecule has 1 saturated carbocycles. The molecule has 0 unspecified atom stereocenters. The van der Waals surface area contributed by atoms with Gasteiger partial charge in [-0.05, 0) is 49.1 Å². The third-order valence-electron chi connectivity index (χ3n) is 5.55. The second kappa shape index (κ2) is 9.97. The van der Waals surface area contributed by atoms with Crippen LogP contribution in [0.3, 0.4) is 0 Å². The molecule has 1 aromatic heterocycles. The van der Waals surface area contributed by atoms with Gasteiger partial charge in [0, 0.05) is 25.4 Å². The minimum absolute atomic E-state index is 0.0447. The quantitative estimate of drug-likeness (QED) is 0.503. The molecular weight excluding hydrogens is 432 g/mol. The highest BCUT2D eigenvalue weighted by Crippen LogP contribution is 2.35. The number of hydrogen-bond donors (Lipinski definition) is 1. The predicted octanol–water partition coefficient (Wildman–Crippen LogP) is 3.63. The number of halogens is 2. The van der Waals surface area contributed by atoms with E-state index in [1.165, 1.54) is 13.2 Å². The van der Waals surface area contributed by atoms with Crippen LogP contribution in [0.1, 0.15) is 36.7 Å². The Hall–Kier alpha value is -3.49. The lowest BCUT2D eigenvalue weighted by atomic mass is 10.1. The minimum Gasteiger partial charge on any atom is -0.493 e. The van der Waals surface area contributed by atoms with E-state index in [1.807, 2.05) is 12.1 Å². The highest BCUT2D eigenvalue weighted by atomic mass is 19.3. The van der Waals surface area contributed by atoms with Crippen molar-refractivity contribution < 1.29 is 23.0 Å². The molecule has 33 heavy (non-hydrogen) atoms. The molecule has 1 aliphatic carbocycles. The Kier molecular flexibility index (Phi) is 6.86. The highest BCUT2D eigenvalue weighted by molar-refractivity contribution is 5.78. The first-order chi connectivity index (χ1) is 16.0. The number of methoxy groups -OCH3 is 1. The Labute approximate surface area is 189 Å². The number of nitrogens with zero attached hydrogens (tertiary/aromatic N) is 2. The highest BCUT2D eigenvalue weighted by Gasteiger charge is 2.28. The normalized spacial score (nSPS) is 13.3. The monoisotopic (exact) mass is 457 g/mol. The summed E-state index contributed by atoms with van der Waals surface area (Å²) in [4.78, 5) is 29.9. The Bertz CT molecular complexity index is 1210. The van der Waals surface area contributed by atoms with Crippen LogP contribution in [-0.4, -0.2) is 35.7 Å². The lowest BCUT2D eigenvalue weighted by Gasteiger charge is -2.13. The first kappa shape index (κ1) is 22.7. The SMILES string of the molecule is COc1ccc(CCNC(=O)CCc2nc3ccccc3c(=O)n2C2CC2)cc1OC(F)F. The number of carbonyl (C=O) groups excluding carboxylic acids is 1. The molecule has 3 aromatic rings. The molecule has 7 nitrogen and oxygen atoms in total. The van der Waals surface area contributed by atoms with Gasteiger partial charge in [-0.2, -0.15) is 8.78 Å². The second-order valence-electron chi connectivity index (χ2n) is 7.92. The van der Waals surface area contributed by atoms with Crippen LogP contribution in [0, 0.1) is 0 Å². The lowest BCUT2D eigenvalue weighted by Crippen LogP contribution is -2.28. The fourth-order valence-corrected chi connectivity index (χ4v) is 3.80. The Balaban J connectivity index is 1.36.